The van der Waals surface area contributed by atoms with Gasteiger partial charge in [-0.1, -0.05) is 73.8 Å². The molecule has 0 radical (unpaired) electrons. The first-order chi connectivity index (χ1) is 10.3. The van der Waals surface area contributed by atoms with Crippen molar-refractivity contribution in [2.45, 2.75) is 0 Å². The average Bonchev–Trinajstić information content (AvgIpc) is 2.53. The highest BCUT2D eigenvalue weighted by atomic mass is 14.9. The molecule has 0 atom stereocenters. The van der Waals surface area contributed by atoms with Gasteiger partial charge < -0.3 is 5.32 Å². The van der Waals surface area contributed by atoms with Crippen LogP contribution in [0.1, 0.15) is 0 Å². The van der Waals surface area contributed by atoms with Gasteiger partial charge in [-0.15, -0.1) is 0 Å². The summed E-state index contributed by atoms with van der Waals surface area (Å²) in [4.78, 5) is 0. The summed E-state index contributed by atoms with van der Waals surface area (Å²) in [7, 11) is 0. The van der Waals surface area contributed by atoms with Crippen molar-refractivity contribution >= 4 is 27.2 Å². The number of nitrogens with one attached hydrogen (secondary N) is 1. The van der Waals surface area contributed by atoms with E-state index in [2.05, 4.69) is 73.1 Å². The monoisotopic (exact) mass is 271 g/mol. The molecular weight excluding hydrogens is 254 g/mol. The summed E-state index contributed by atoms with van der Waals surface area (Å²) in [6.07, 6.45) is 5.53. The van der Waals surface area contributed by atoms with Crippen LogP contribution in [0.2, 0.25) is 0 Å². The van der Waals surface area contributed by atoms with Crippen LogP contribution in [0.4, 0.5) is 5.69 Å². The Bertz CT molecular complexity index is 856. The molecule has 0 spiro atoms. The van der Waals surface area contributed by atoms with Crippen molar-refractivity contribution in [2.75, 3.05) is 5.32 Å². The fourth-order valence-corrected chi connectivity index (χ4v) is 2.56. The first-order valence-electron chi connectivity index (χ1n) is 6.95. The van der Waals surface area contributed by atoms with Gasteiger partial charge in [0.15, 0.2) is 0 Å². The van der Waals surface area contributed by atoms with E-state index in [4.69, 9.17) is 0 Å². The van der Waals surface area contributed by atoms with Crippen LogP contribution < -0.4 is 5.32 Å². The molecule has 0 fully saturated rings. The zero-order chi connectivity index (χ0) is 14.7. The van der Waals surface area contributed by atoms with Crippen molar-refractivity contribution in [1.82, 2.24) is 0 Å². The molecule has 0 saturated carbocycles. The lowest BCUT2D eigenvalue weighted by Crippen LogP contribution is -1.96. The molecule has 0 saturated heterocycles. The van der Waals surface area contributed by atoms with Crippen LogP contribution in [0.5, 0.6) is 0 Å². The second-order valence-electron chi connectivity index (χ2n) is 4.94. The van der Waals surface area contributed by atoms with Crippen molar-refractivity contribution in [3.05, 3.63) is 91.7 Å². The summed E-state index contributed by atoms with van der Waals surface area (Å²) in [5.74, 6) is 0. The van der Waals surface area contributed by atoms with Crippen molar-refractivity contribution < 1.29 is 0 Å². The minimum Gasteiger partial charge on any atom is -0.355 e. The SMILES string of the molecule is C=C/C=C\C(=C)Nc1cc2ccccc2c2ccccc12. The van der Waals surface area contributed by atoms with Crippen molar-refractivity contribution in [3.8, 4) is 0 Å². The Morgan fingerprint density at radius 3 is 2.33 bits per heavy atom. The lowest BCUT2D eigenvalue weighted by molar-refractivity contribution is 1.53. The van der Waals surface area contributed by atoms with Gasteiger partial charge in [0.25, 0.3) is 0 Å². The van der Waals surface area contributed by atoms with Crippen LogP contribution in [-0.4, -0.2) is 0 Å². The second kappa shape index (κ2) is 5.68. The van der Waals surface area contributed by atoms with Crippen LogP contribution in [0.25, 0.3) is 21.5 Å². The van der Waals surface area contributed by atoms with E-state index in [0.717, 1.165) is 11.4 Å². The molecule has 0 bridgehead atoms. The third-order valence-electron chi connectivity index (χ3n) is 3.50. The Hall–Kier alpha value is -2.80. The molecule has 0 aliphatic rings. The fraction of sp³-hybridized carbons (Fsp3) is 0. The van der Waals surface area contributed by atoms with Crippen molar-refractivity contribution in [1.29, 1.82) is 0 Å². The van der Waals surface area contributed by atoms with Gasteiger partial charge in [-0.05, 0) is 28.3 Å². The quantitative estimate of drug-likeness (QED) is 0.477. The number of hydrogen-bond donors (Lipinski definition) is 1. The van der Waals surface area contributed by atoms with E-state index >= 15 is 0 Å². The number of allylic oxidation sites excluding steroid dienone is 3. The van der Waals surface area contributed by atoms with Gasteiger partial charge in [-0.2, -0.15) is 0 Å². The van der Waals surface area contributed by atoms with Gasteiger partial charge in [0.2, 0.25) is 0 Å². The summed E-state index contributed by atoms with van der Waals surface area (Å²) in [5.41, 5.74) is 1.92. The highest BCUT2D eigenvalue weighted by Crippen LogP contribution is 2.32. The van der Waals surface area contributed by atoms with E-state index in [0.29, 0.717) is 0 Å². The molecule has 3 aromatic carbocycles. The van der Waals surface area contributed by atoms with Crippen LogP contribution in [0.15, 0.2) is 91.7 Å². The summed E-state index contributed by atoms with van der Waals surface area (Å²) >= 11 is 0. The number of hydrogen-bond acceptors (Lipinski definition) is 1. The number of fused-ring (bicyclic) bond motifs is 3. The minimum absolute atomic E-state index is 0.843. The predicted molar refractivity (Wildman–Crippen MR) is 93.6 cm³/mol. The molecule has 1 N–H and O–H groups in total. The average molecular weight is 271 g/mol. The first-order valence-corrected chi connectivity index (χ1v) is 6.95. The molecule has 21 heavy (non-hydrogen) atoms. The van der Waals surface area contributed by atoms with Crippen LogP contribution in [0, 0.1) is 0 Å². The zero-order valence-electron chi connectivity index (χ0n) is 11.8. The Kier molecular flexibility index (Phi) is 3.57. The Balaban J connectivity index is 2.18. The van der Waals surface area contributed by atoms with E-state index < -0.39 is 0 Å². The molecule has 0 heterocycles. The molecule has 0 amide bonds. The summed E-state index contributed by atoms with van der Waals surface area (Å²) in [6.45, 7) is 7.70. The van der Waals surface area contributed by atoms with E-state index in [1.54, 1.807) is 6.08 Å². The molecular formula is C20H17N. The number of anilines is 1. The third-order valence-corrected chi connectivity index (χ3v) is 3.50. The van der Waals surface area contributed by atoms with Gasteiger partial charge >= 0.3 is 0 Å². The molecule has 1 heteroatoms. The maximum atomic E-state index is 4.03. The van der Waals surface area contributed by atoms with Crippen molar-refractivity contribution in [2.24, 2.45) is 0 Å². The Morgan fingerprint density at radius 1 is 0.905 bits per heavy atom. The molecule has 0 aliphatic heterocycles. The van der Waals surface area contributed by atoms with Gasteiger partial charge in [-0.25, -0.2) is 0 Å². The van der Waals surface area contributed by atoms with Crippen LogP contribution in [-0.2, 0) is 0 Å². The number of rotatable bonds is 4. The topological polar surface area (TPSA) is 12.0 Å². The maximum Gasteiger partial charge on any atom is 0.0470 e. The van der Waals surface area contributed by atoms with Gasteiger partial charge in [0.05, 0.1) is 0 Å². The minimum atomic E-state index is 0.843. The van der Waals surface area contributed by atoms with E-state index in [-0.39, 0.29) is 0 Å². The van der Waals surface area contributed by atoms with Gasteiger partial charge in [0, 0.05) is 16.8 Å². The highest BCUT2D eigenvalue weighted by molar-refractivity contribution is 6.13. The van der Waals surface area contributed by atoms with Crippen LogP contribution >= 0.6 is 0 Å². The lowest BCUT2D eigenvalue weighted by Gasteiger charge is -2.12. The van der Waals surface area contributed by atoms with Crippen molar-refractivity contribution in [3.63, 3.8) is 0 Å². The fourth-order valence-electron chi connectivity index (χ4n) is 2.56. The van der Waals surface area contributed by atoms with Crippen LogP contribution in [0.3, 0.4) is 0 Å². The van der Waals surface area contributed by atoms with E-state index in [1.807, 2.05) is 12.2 Å². The highest BCUT2D eigenvalue weighted by Gasteiger charge is 2.05. The summed E-state index contributed by atoms with van der Waals surface area (Å²) in [5, 5.41) is 8.32. The lowest BCUT2D eigenvalue weighted by atomic mass is 10.0. The van der Waals surface area contributed by atoms with Gasteiger partial charge in [0.1, 0.15) is 0 Å². The summed E-state index contributed by atoms with van der Waals surface area (Å²) in [6, 6.07) is 19.0. The molecule has 0 aliphatic carbocycles. The zero-order valence-corrected chi connectivity index (χ0v) is 11.8. The predicted octanol–water partition coefficient (Wildman–Crippen LogP) is 5.66. The van der Waals surface area contributed by atoms with Gasteiger partial charge in [-0.3, -0.25) is 0 Å². The third kappa shape index (κ3) is 2.59. The standard InChI is InChI=1S/C20H17N/c1-3-4-9-15(2)21-20-14-16-10-5-6-11-17(16)18-12-7-8-13-19(18)20/h3-14,21H,1-2H2/b9-4-. The first kappa shape index (κ1) is 13.2. The molecule has 3 rings (SSSR count). The normalized spacial score (nSPS) is 11.0. The molecule has 0 unspecified atom stereocenters. The second-order valence-corrected chi connectivity index (χ2v) is 4.94. The molecule has 1 nitrogen and oxygen atoms in total. The molecule has 102 valence electrons. The van der Waals surface area contributed by atoms with E-state index in [9.17, 15) is 0 Å². The Morgan fingerprint density at radius 2 is 1.57 bits per heavy atom. The largest absolute Gasteiger partial charge is 0.355 e. The number of benzene rings is 3. The smallest absolute Gasteiger partial charge is 0.0470 e. The maximum absolute atomic E-state index is 4.03. The Labute approximate surface area is 124 Å². The van der Waals surface area contributed by atoms with E-state index in [1.165, 1.54) is 21.5 Å². The molecule has 0 aromatic heterocycles. The molecule has 3 aromatic rings. The summed E-state index contributed by atoms with van der Waals surface area (Å²) < 4.78 is 0.